The van der Waals surface area contributed by atoms with Crippen molar-refractivity contribution in [2.24, 2.45) is 0 Å². The van der Waals surface area contributed by atoms with Crippen LogP contribution in [0.5, 0.6) is 0 Å². The molecule has 1 aromatic carbocycles. The first kappa shape index (κ1) is 15.3. The molecule has 0 saturated heterocycles. The normalized spacial score (nSPS) is 10.7. The van der Waals surface area contributed by atoms with Crippen LogP contribution in [0.25, 0.3) is 0 Å². The number of carbonyl (C=O) groups excluding carboxylic acids is 1. The molecule has 1 N–H and O–H groups in total. The Balaban J connectivity index is 1.79. The molecule has 0 radical (unpaired) electrons. The predicted molar refractivity (Wildman–Crippen MR) is 85.1 cm³/mol. The first-order valence-corrected chi connectivity index (χ1v) is 7.79. The summed E-state index contributed by atoms with van der Waals surface area (Å²) in [7, 11) is 0. The van der Waals surface area contributed by atoms with Gasteiger partial charge in [-0.05, 0) is 19.9 Å². The van der Waals surface area contributed by atoms with E-state index in [1.807, 2.05) is 0 Å². The third-order valence-electron chi connectivity index (χ3n) is 3.44. The van der Waals surface area contributed by atoms with Gasteiger partial charge in [0.1, 0.15) is 10.7 Å². The molecule has 118 valence electrons. The highest BCUT2D eigenvalue weighted by Gasteiger charge is 2.16. The molecule has 0 fully saturated rings. The number of nitrogens with one attached hydrogen (secondary N) is 1. The third-order valence-corrected chi connectivity index (χ3v) is 4.37. The number of carbonyl (C=O) groups is 1. The molecule has 23 heavy (non-hydrogen) atoms. The summed E-state index contributed by atoms with van der Waals surface area (Å²) in [5, 5.41) is 10.7. The average molecular weight is 331 g/mol. The van der Waals surface area contributed by atoms with E-state index in [0.29, 0.717) is 27.6 Å². The van der Waals surface area contributed by atoms with E-state index < -0.39 is 0 Å². The van der Waals surface area contributed by atoms with Crippen LogP contribution in [-0.4, -0.2) is 25.9 Å². The van der Waals surface area contributed by atoms with Gasteiger partial charge in [0.2, 0.25) is 0 Å². The minimum atomic E-state index is -0.298. The Kier molecular flexibility index (Phi) is 4.16. The fourth-order valence-corrected chi connectivity index (χ4v) is 2.80. The number of thiazole rings is 1. The number of halogens is 1. The molecule has 0 atom stereocenters. The predicted octanol–water partition coefficient (Wildman–Crippen LogP) is 2.79. The van der Waals surface area contributed by atoms with Crippen molar-refractivity contribution in [2.75, 3.05) is 5.32 Å². The number of amides is 1. The maximum absolute atomic E-state index is 13.7. The Morgan fingerprint density at radius 1 is 1.35 bits per heavy atom. The summed E-state index contributed by atoms with van der Waals surface area (Å²) < 4.78 is 15.3. The van der Waals surface area contributed by atoms with Crippen LogP contribution in [0, 0.1) is 19.7 Å². The highest BCUT2D eigenvalue weighted by Crippen LogP contribution is 2.17. The largest absolute Gasteiger partial charge is 0.303 e. The van der Waals surface area contributed by atoms with Gasteiger partial charge in [0.25, 0.3) is 5.91 Å². The minimum absolute atomic E-state index is 0.251. The number of rotatable bonds is 4. The maximum Gasteiger partial charge on any atom is 0.268 e. The van der Waals surface area contributed by atoms with Crippen molar-refractivity contribution in [3.05, 3.63) is 57.4 Å². The maximum atomic E-state index is 13.7. The van der Waals surface area contributed by atoms with Gasteiger partial charge in [0, 0.05) is 5.56 Å². The number of hydrogen-bond donors (Lipinski definition) is 1. The van der Waals surface area contributed by atoms with E-state index in [1.165, 1.54) is 17.4 Å². The van der Waals surface area contributed by atoms with Gasteiger partial charge in [-0.1, -0.05) is 23.4 Å². The van der Waals surface area contributed by atoms with Crippen molar-refractivity contribution in [2.45, 2.75) is 20.4 Å². The Morgan fingerprint density at radius 2 is 2.13 bits per heavy atom. The number of anilines is 1. The molecule has 1 amide bonds. The highest BCUT2D eigenvalue weighted by molar-refractivity contribution is 7.12. The first-order chi connectivity index (χ1) is 11.1. The van der Waals surface area contributed by atoms with E-state index in [0.717, 1.165) is 0 Å². The van der Waals surface area contributed by atoms with Gasteiger partial charge in [-0.3, -0.25) is 4.79 Å². The molecular weight excluding hydrogens is 317 g/mol. The Morgan fingerprint density at radius 3 is 2.83 bits per heavy atom. The number of nitrogens with zero attached hydrogens (tertiary/aromatic N) is 4. The molecule has 0 aliphatic rings. The number of hydrogen-bond acceptors (Lipinski definition) is 5. The van der Waals surface area contributed by atoms with Gasteiger partial charge in [-0.25, -0.2) is 14.1 Å². The van der Waals surface area contributed by atoms with E-state index in [4.69, 9.17) is 0 Å². The zero-order valence-electron chi connectivity index (χ0n) is 12.6. The van der Waals surface area contributed by atoms with Crippen molar-refractivity contribution in [3.63, 3.8) is 0 Å². The topological polar surface area (TPSA) is 72.7 Å². The fraction of sp³-hybridized carbons (Fsp3) is 0.200. The van der Waals surface area contributed by atoms with Gasteiger partial charge < -0.3 is 5.32 Å². The van der Waals surface area contributed by atoms with Crippen LogP contribution in [0.2, 0.25) is 0 Å². The lowest BCUT2D eigenvalue weighted by Gasteiger charge is -2.05. The number of aryl methyl sites for hydroxylation is 1. The molecule has 0 bridgehead atoms. The average Bonchev–Trinajstić information content (AvgIpc) is 3.10. The van der Waals surface area contributed by atoms with Gasteiger partial charge in [0.05, 0.1) is 23.4 Å². The lowest BCUT2D eigenvalue weighted by atomic mass is 10.2. The number of benzene rings is 1. The molecule has 3 rings (SSSR count). The Labute approximate surface area is 136 Å². The summed E-state index contributed by atoms with van der Waals surface area (Å²) in [5.74, 6) is -0.210. The summed E-state index contributed by atoms with van der Waals surface area (Å²) in [6.45, 7) is 3.80. The molecule has 0 aliphatic heterocycles. The second-order valence-corrected chi connectivity index (χ2v) is 5.85. The van der Waals surface area contributed by atoms with Crippen molar-refractivity contribution in [1.29, 1.82) is 0 Å². The van der Waals surface area contributed by atoms with Crippen LogP contribution >= 0.6 is 11.3 Å². The van der Waals surface area contributed by atoms with Crippen molar-refractivity contribution in [1.82, 2.24) is 20.0 Å². The second kappa shape index (κ2) is 6.25. The van der Waals surface area contributed by atoms with Crippen molar-refractivity contribution < 1.29 is 9.18 Å². The Bertz CT molecular complexity index is 857. The molecule has 0 unspecified atom stereocenters. The smallest absolute Gasteiger partial charge is 0.268 e. The van der Waals surface area contributed by atoms with Gasteiger partial charge >= 0.3 is 0 Å². The zero-order valence-corrected chi connectivity index (χ0v) is 13.4. The molecule has 2 heterocycles. The molecule has 8 heteroatoms. The summed E-state index contributed by atoms with van der Waals surface area (Å²) >= 11 is 1.27. The van der Waals surface area contributed by atoms with Crippen LogP contribution in [-0.2, 0) is 6.54 Å². The Hall–Kier alpha value is -2.61. The molecule has 0 aliphatic carbocycles. The first-order valence-electron chi connectivity index (χ1n) is 6.91. The van der Waals surface area contributed by atoms with Crippen LogP contribution < -0.4 is 5.32 Å². The number of aromatic nitrogens is 4. The van der Waals surface area contributed by atoms with Crippen molar-refractivity contribution >= 4 is 23.1 Å². The molecule has 6 nitrogen and oxygen atoms in total. The van der Waals surface area contributed by atoms with E-state index in [9.17, 15) is 9.18 Å². The summed E-state index contributed by atoms with van der Waals surface area (Å²) in [6, 6.07) is 6.49. The van der Waals surface area contributed by atoms with E-state index in [2.05, 4.69) is 20.6 Å². The molecular formula is C15H14FN5OS. The van der Waals surface area contributed by atoms with Gasteiger partial charge in [-0.2, -0.15) is 0 Å². The van der Waals surface area contributed by atoms with E-state index in [1.54, 1.807) is 42.2 Å². The van der Waals surface area contributed by atoms with Gasteiger partial charge in [0.15, 0.2) is 5.82 Å². The lowest BCUT2D eigenvalue weighted by molar-refractivity contribution is 0.102. The van der Waals surface area contributed by atoms with Crippen LogP contribution in [0.3, 0.4) is 0 Å². The lowest BCUT2D eigenvalue weighted by Crippen LogP contribution is -2.13. The van der Waals surface area contributed by atoms with Crippen LogP contribution in [0.1, 0.15) is 26.6 Å². The minimum Gasteiger partial charge on any atom is -0.303 e. The summed E-state index contributed by atoms with van der Waals surface area (Å²) in [5.41, 5.74) is 3.45. The monoisotopic (exact) mass is 331 g/mol. The summed E-state index contributed by atoms with van der Waals surface area (Å²) in [6.07, 6.45) is 0. The summed E-state index contributed by atoms with van der Waals surface area (Å²) in [4.78, 5) is 16.8. The zero-order chi connectivity index (χ0) is 16.4. The van der Waals surface area contributed by atoms with Crippen LogP contribution in [0.15, 0.2) is 29.8 Å². The fourth-order valence-electron chi connectivity index (χ4n) is 2.10. The molecule has 2 aromatic heterocycles. The second-order valence-electron chi connectivity index (χ2n) is 4.99. The van der Waals surface area contributed by atoms with E-state index in [-0.39, 0.29) is 18.3 Å². The van der Waals surface area contributed by atoms with Crippen LogP contribution in [0.4, 0.5) is 10.2 Å². The van der Waals surface area contributed by atoms with Crippen molar-refractivity contribution in [3.8, 4) is 0 Å². The van der Waals surface area contributed by atoms with Gasteiger partial charge in [-0.15, -0.1) is 16.4 Å². The standard InChI is InChI=1S/C15H14FN5OS/c1-9-13(23-8-17-9)15(22)18-14-10(2)21(20-19-14)7-11-5-3-4-6-12(11)16/h3-6,8H,7H2,1-2H3,(H,18,22). The third kappa shape index (κ3) is 3.11. The molecule has 0 saturated carbocycles. The SMILES string of the molecule is Cc1ncsc1C(=O)Nc1nnn(Cc2ccccc2F)c1C. The highest BCUT2D eigenvalue weighted by atomic mass is 32.1. The quantitative estimate of drug-likeness (QED) is 0.798. The molecule has 0 spiro atoms. The molecule has 3 aromatic rings. The van der Waals surface area contributed by atoms with E-state index >= 15 is 0 Å².